The Kier molecular flexibility index (Phi) is 3.20. The monoisotopic (exact) mass is 270 g/mol. The Hall–Kier alpha value is -2.63. The van der Waals surface area contributed by atoms with Crippen LogP contribution >= 0.6 is 0 Å². The summed E-state index contributed by atoms with van der Waals surface area (Å²) >= 11 is 0. The lowest BCUT2D eigenvalue weighted by atomic mass is 10.2. The molecular weight excluding hydrogens is 256 g/mol. The highest BCUT2D eigenvalue weighted by Crippen LogP contribution is 2.21. The smallest absolute Gasteiger partial charge is 0.232 e. The highest BCUT2D eigenvalue weighted by atomic mass is 16.5. The summed E-state index contributed by atoms with van der Waals surface area (Å²) in [5, 5.41) is 4.26. The van der Waals surface area contributed by atoms with Gasteiger partial charge < -0.3 is 9.15 Å². The van der Waals surface area contributed by atoms with E-state index in [1.54, 1.807) is 17.2 Å². The number of rotatable bonds is 4. The van der Waals surface area contributed by atoms with E-state index in [1.165, 1.54) is 0 Å². The molecule has 0 amide bonds. The van der Waals surface area contributed by atoms with Crippen LogP contribution in [0.2, 0.25) is 0 Å². The molecule has 6 heteroatoms. The maximum Gasteiger partial charge on any atom is 0.232 e. The highest BCUT2D eigenvalue weighted by Gasteiger charge is 2.06. The maximum atomic E-state index is 5.66. The minimum atomic E-state index is 0.299. The van der Waals surface area contributed by atoms with Crippen LogP contribution in [0, 0.1) is 6.92 Å². The van der Waals surface area contributed by atoms with Crippen molar-refractivity contribution < 1.29 is 9.15 Å². The zero-order chi connectivity index (χ0) is 13.9. The predicted octanol–water partition coefficient (Wildman–Crippen LogP) is 2.36. The molecule has 2 aromatic heterocycles. The Morgan fingerprint density at radius 1 is 1.30 bits per heavy atom. The van der Waals surface area contributed by atoms with E-state index in [0.717, 1.165) is 17.1 Å². The molecule has 2 heterocycles. The van der Waals surface area contributed by atoms with E-state index in [1.807, 2.05) is 38.2 Å². The number of ether oxygens (including phenoxy) is 1. The molecule has 0 spiro atoms. The lowest BCUT2D eigenvalue weighted by Gasteiger charge is -2.04. The number of aromatic nitrogens is 4. The third-order valence-electron chi connectivity index (χ3n) is 2.72. The molecule has 3 rings (SSSR count). The van der Waals surface area contributed by atoms with Crippen molar-refractivity contribution in [3.05, 3.63) is 48.4 Å². The Morgan fingerprint density at radius 3 is 2.90 bits per heavy atom. The van der Waals surface area contributed by atoms with E-state index >= 15 is 0 Å². The second kappa shape index (κ2) is 5.16. The molecule has 0 fully saturated rings. The van der Waals surface area contributed by atoms with E-state index in [4.69, 9.17) is 9.15 Å². The molecule has 0 N–H and O–H groups in total. The summed E-state index contributed by atoms with van der Waals surface area (Å²) in [5.41, 5.74) is 0.909. The second-order valence-corrected chi connectivity index (χ2v) is 4.42. The van der Waals surface area contributed by atoms with Crippen LogP contribution in [0.25, 0.3) is 11.4 Å². The highest BCUT2D eigenvalue weighted by molar-refractivity contribution is 5.56. The zero-order valence-electron chi connectivity index (χ0n) is 11.3. The molecule has 0 aliphatic heterocycles. The van der Waals surface area contributed by atoms with E-state index in [9.17, 15) is 0 Å². The van der Waals surface area contributed by atoms with Gasteiger partial charge in [0, 0.05) is 12.6 Å². The van der Waals surface area contributed by atoms with Crippen molar-refractivity contribution in [1.82, 2.24) is 19.7 Å². The molecule has 0 aliphatic rings. The first-order chi connectivity index (χ1) is 9.70. The minimum absolute atomic E-state index is 0.299. The van der Waals surface area contributed by atoms with Gasteiger partial charge in [-0.3, -0.25) is 4.68 Å². The van der Waals surface area contributed by atoms with Crippen molar-refractivity contribution >= 4 is 0 Å². The molecule has 0 saturated carbocycles. The number of oxazole rings is 1. The normalized spacial score (nSPS) is 10.7. The standard InChI is InChI=1S/C14H14N4O2/c1-10-7-15-13(20-10)8-19-12-5-3-4-11(6-12)14-16-9-18(2)17-14/h3-7,9H,8H2,1-2H3. The van der Waals surface area contributed by atoms with Crippen molar-refractivity contribution in [3.63, 3.8) is 0 Å². The summed E-state index contributed by atoms with van der Waals surface area (Å²) in [7, 11) is 1.84. The average Bonchev–Trinajstić information content (AvgIpc) is 3.06. The third-order valence-corrected chi connectivity index (χ3v) is 2.72. The Bertz CT molecular complexity index is 717. The molecule has 6 nitrogen and oxygen atoms in total. The molecule has 0 bridgehead atoms. The van der Waals surface area contributed by atoms with Gasteiger partial charge in [0.25, 0.3) is 0 Å². The van der Waals surface area contributed by atoms with Crippen molar-refractivity contribution in [3.8, 4) is 17.1 Å². The average molecular weight is 270 g/mol. The van der Waals surface area contributed by atoms with Gasteiger partial charge in [0.15, 0.2) is 12.4 Å². The molecular formula is C14H14N4O2. The van der Waals surface area contributed by atoms with E-state index in [2.05, 4.69) is 15.1 Å². The largest absolute Gasteiger partial charge is 0.484 e. The summed E-state index contributed by atoms with van der Waals surface area (Å²) in [6.45, 7) is 2.15. The second-order valence-electron chi connectivity index (χ2n) is 4.42. The van der Waals surface area contributed by atoms with Crippen LogP contribution in [-0.2, 0) is 13.7 Å². The number of aryl methyl sites for hydroxylation is 2. The van der Waals surface area contributed by atoms with Crippen molar-refractivity contribution in [1.29, 1.82) is 0 Å². The molecule has 1 aromatic carbocycles. The molecule has 3 aromatic rings. The predicted molar refractivity (Wildman–Crippen MR) is 72.0 cm³/mol. The minimum Gasteiger partial charge on any atom is -0.484 e. The molecule has 0 atom stereocenters. The Morgan fingerprint density at radius 2 is 2.20 bits per heavy atom. The first-order valence-corrected chi connectivity index (χ1v) is 6.21. The summed E-state index contributed by atoms with van der Waals surface area (Å²) in [6.07, 6.45) is 3.34. The zero-order valence-corrected chi connectivity index (χ0v) is 11.3. The van der Waals surface area contributed by atoms with Gasteiger partial charge in [-0.15, -0.1) is 0 Å². The topological polar surface area (TPSA) is 66.0 Å². The molecule has 20 heavy (non-hydrogen) atoms. The van der Waals surface area contributed by atoms with Gasteiger partial charge in [0.05, 0.1) is 6.20 Å². The summed E-state index contributed by atoms with van der Waals surface area (Å²) < 4.78 is 12.7. The van der Waals surface area contributed by atoms with Crippen LogP contribution in [0.15, 0.2) is 41.2 Å². The fraction of sp³-hybridized carbons (Fsp3) is 0.214. The number of nitrogens with zero attached hydrogens (tertiary/aromatic N) is 4. The number of hydrogen-bond acceptors (Lipinski definition) is 5. The lowest BCUT2D eigenvalue weighted by molar-refractivity contribution is 0.260. The SMILES string of the molecule is Cc1cnc(COc2cccc(-c3ncn(C)n3)c2)o1. The Labute approximate surface area is 116 Å². The fourth-order valence-corrected chi connectivity index (χ4v) is 1.81. The summed E-state index contributed by atoms with van der Waals surface area (Å²) in [4.78, 5) is 8.31. The first kappa shape index (κ1) is 12.4. The van der Waals surface area contributed by atoms with Gasteiger partial charge >= 0.3 is 0 Å². The van der Waals surface area contributed by atoms with Crippen molar-refractivity contribution in [2.45, 2.75) is 13.5 Å². The van der Waals surface area contributed by atoms with Crippen LogP contribution < -0.4 is 4.74 Å². The first-order valence-electron chi connectivity index (χ1n) is 6.21. The van der Waals surface area contributed by atoms with Gasteiger partial charge in [-0.05, 0) is 19.1 Å². The quantitative estimate of drug-likeness (QED) is 0.728. The van der Waals surface area contributed by atoms with Crippen LogP contribution in [0.3, 0.4) is 0 Å². The third kappa shape index (κ3) is 2.69. The lowest BCUT2D eigenvalue weighted by Crippen LogP contribution is -1.95. The van der Waals surface area contributed by atoms with Gasteiger partial charge in [-0.2, -0.15) is 5.10 Å². The summed E-state index contributed by atoms with van der Waals surface area (Å²) in [5.74, 6) is 2.73. The van der Waals surface area contributed by atoms with Crippen LogP contribution in [-0.4, -0.2) is 19.7 Å². The molecule has 0 saturated heterocycles. The number of benzene rings is 1. The van der Waals surface area contributed by atoms with E-state index in [-0.39, 0.29) is 0 Å². The van der Waals surface area contributed by atoms with Crippen molar-refractivity contribution in [2.75, 3.05) is 0 Å². The number of hydrogen-bond donors (Lipinski definition) is 0. The summed E-state index contributed by atoms with van der Waals surface area (Å²) in [6, 6.07) is 7.62. The molecule has 0 aliphatic carbocycles. The molecule has 102 valence electrons. The maximum absolute atomic E-state index is 5.66. The molecule has 0 radical (unpaired) electrons. The van der Waals surface area contributed by atoms with E-state index in [0.29, 0.717) is 18.3 Å². The van der Waals surface area contributed by atoms with Crippen LogP contribution in [0.1, 0.15) is 11.7 Å². The van der Waals surface area contributed by atoms with Gasteiger partial charge in [0.1, 0.15) is 17.8 Å². The Balaban J connectivity index is 1.74. The van der Waals surface area contributed by atoms with Gasteiger partial charge in [0.2, 0.25) is 5.89 Å². The van der Waals surface area contributed by atoms with Crippen molar-refractivity contribution in [2.24, 2.45) is 7.05 Å². The van der Waals surface area contributed by atoms with Gasteiger partial charge in [-0.1, -0.05) is 12.1 Å². The van der Waals surface area contributed by atoms with Crippen LogP contribution in [0.5, 0.6) is 5.75 Å². The van der Waals surface area contributed by atoms with E-state index < -0.39 is 0 Å². The van der Waals surface area contributed by atoms with Crippen LogP contribution in [0.4, 0.5) is 0 Å². The molecule has 0 unspecified atom stereocenters. The fourth-order valence-electron chi connectivity index (χ4n) is 1.81. The van der Waals surface area contributed by atoms with Gasteiger partial charge in [-0.25, -0.2) is 9.97 Å².